The van der Waals surface area contributed by atoms with Gasteiger partial charge < -0.3 is 15.7 Å². The van der Waals surface area contributed by atoms with Crippen LogP contribution in [0.2, 0.25) is 0 Å². The maximum absolute atomic E-state index is 13.7. The molecule has 0 aliphatic carbocycles. The Bertz CT molecular complexity index is 467. The molecule has 4 nitrogen and oxygen atoms in total. The van der Waals surface area contributed by atoms with Crippen molar-refractivity contribution in [2.45, 2.75) is 26.4 Å². The van der Waals surface area contributed by atoms with Crippen molar-refractivity contribution in [2.75, 3.05) is 19.6 Å². The molecule has 0 aliphatic rings. The molecule has 1 aromatic rings. The predicted molar refractivity (Wildman–Crippen MR) is 75.6 cm³/mol. The van der Waals surface area contributed by atoms with E-state index in [0.717, 1.165) is 12.1 Å². The van der Waals surface area contributed by atoms with Crippen molar-refractivity contribution in [3.8, 4) is 0 Å². The van der Waals surface area contributed by atoms with E-state index in [1.807, 2.05) is 13.8 Å². The number of nitrogens with zero attached hydrogens (tertiary/aromatic N) is 1. The topological polar surface area (TPSA) is 56.7 Å². The number of aliphatic hydroxyl groups is 1. The van der Waals surface area contributed by atoms with Crippen molar-refractivity contribution in [1.82, 2.24) is 10.6 Å². The van der Waals surface area contributed by atoms with Gasteiger partial charge in [0.15, 0.2) is 5.96 Å². The SMILES string of the molecule is CCNC(=NCC(C)(O)c1ccc(F)cc1F)NCC. The van der Waals surface area contributed by atoms with E-state index in [9.17, 15) is 13.9 Å². The number of hydrogen-bond acceptors (Lipinski definition) is 2. The van der Waals surface area contributed by atoms with Crippen molar-refractivity contribution < 1.29 is 13.9 Å². The van der Waals surface area contributed by atoms with Gasteiger partial charge in [0.1, 0.15) is 17.2 Å². The van der Waals surface area contributed by atoms with Crippen LogP contribution in [-0.2, 0) is 5.60 Å². The van der Waals surface area contributed by atoms with Gasteiger partial charge >= 0.3 is 0 Å². The Labute approximate surface area is 117 Å². The fourth-order valence-corrected chi connectivity index (χ4v) is 1.75. The highest BCUT2D eigenvalue weighted by Gasteiger charge is 2.26. The van der Waals surface area contributed by atoms with Gasteiger partial charge in [-0.2, -0.15) is 0 Å². The third kappa shape index (κ3) is 4.45. The summed E-state index contributed by atoms with van der Waals surface area (Å²) in [6, 6.07) is 3.11. The van der Waals surface area contributed by atoms with Crippen LogP contribution in [0.5, 0.6) is 0 Å². The van der Waals surface area contributed by atoms with Gasteiger partial charge in [0.2, 0.25) is 0 Å². The van der Waals surface area contributed by atoms with Crippen molar-refractivity contribution in [1.29, 1.82) is 0 Å². The minimum absolute atomic E-state index is 0.0231. The highest BCUT2D eigenvalue weighted by Crippen LogP contribution is 2.24. The molecule has 0 bridgehead atoms. The van der Waals surface area contributed by atoms with E-state index in [-0.39, 0.29) is 12.1 Å². The van der Waals surface area contributed by atoms with Crippen LogP contribution in [0.15, 0.2) is 23.2 Å². The third-order valence-corrected chi connectivity index (χ3v) is 2.74. The van der Waals surface area contributed by atoms with Gasteiger partial charge in [-0.15, -0.1) is 0 Å². The smallest absolute Gasteiger partial charge is 0.191 e. The van der Waals surface area contributed by atoms with Crippen LogP contribution in [-0.4, -0.2) is 30.7 Å². The monoisotopic (exact) mass is 285 g/mol. The first kappa shape index (κ1) is 16.4. The lowest BCUT2D eigenvalue weighted by Crippen LogP contribution is -2.38. The van der Waals surface area contributed by atoms with Gasteiger partial charge in [-0.25, -0.2) is 13.8 Å². The lowest BCUT2D eigenvalue weighted by molar-refractivity contribution is 0.0632. The maximum Gasteiger partial charge on any atom is 0.191 e. The summed E-state index contributed by atoms with van der Waals surface area (Å²) in [7, 11) is 0. The Kier molecular flexibility index (Phi) is 5.88. The first-order chi connectivity index (χ1) is 9.40. The normalized spacial score (nSPS) is 13.5. The number of benzene rings is 1. The van der Waals surface area contributed by atoms with Gasteiger partial charge in [0, 0.05) is 24.7 Å². The highest BCUT2D eigenvalue weighted by molar-refractivity contribution is 5.79. The molecule has 3 N–H and O–H groups in total. The van der Waals surface area contributed by atoms with E-state index < -0.39 is 17.2 Å². The first-order valence-corrected chi connectivity index (χ1v) is 6.60. The lowest BCUT2D eigenvalue weighted by atomic mass is 9.95. The largest absolute Gasteiger partial charge is 0.383 e. The Hall–Kier alpha value is -1.69. The predicted octanol–water partition coefficient (Wildman–Crippen LogP) is 1.75. The number of aliphatic imine (C=N–C) groups is 1. The van der Waals surface area contributed by atoms with E-state index in [1.165, 1.54) is 13.0 Å². The molecule has 0 aromatic heterocycles. The van der Waals surface area contributed by atoms with E-state index in [1.54, 1.807) is 0 Å². The number of halogens is 2. The number of guanidine groups is 1. The fourth-order valence-electron chi connectivity index (χ4n) is 1.75. The maximum atomic E-state index is 13.7. The van der Waals surface area contributed by atoms with Crippen molar-refractivity contribution in [3.63, 3.8) is 0 Å². The zero-order valence-electron chi connectivity index (χ0n) is 12.0. The summed E-state index contributed by atoms with van der Waals surface area (Å²) in [5.41, 5.74) is -1.48. The highest BCUT2D eigenvalue weighted by atomic mass is 19.1. The molecule has 0 aliphatic heterocycles. The molecule has 1 aromatic carbocycles. The van der Waals surface area contributed by atoms with Gasteiger partial charge in [0.05, 0.1) is 6.54 Å². The van der Waals surface area contributed by atoms with Crippen molar-refractivity contribution in [3.05, 3.63) is 35.4 Å². The molecule has 0 saturated heterocycles. The molecule has 0 saturated carbocycles. The number of hydrogen-bond donors (Lipinski definition) is 3. The summed E-state index contributed by atoms with van der Waals surface area (Å²) >= 11 is 0. The zero-order valence-corrected chi connectivity index (χ0v) is 12.0. The van der Waals surface area contributed by atoms with E-state index in [2.05, 4.69) is 15.6 Å². The molecule has 0 radical (unpaired) electrons. The summed E-state index contributed by atoms with van der Waals surface area (Å²) in [5, 5.41) is 16.3. The fraction of sp³-hybridized carbons (Fsp3) is 0.500. The van der Waals surface area contributed by atoms with Crippen molar-refractivity contribution in [2.24, 2.45) is 4.99 Å². The van der Waals surface area contributed by atoms with Crippen LogP contribution in [0.25, 0.3) is 0 Å². The molecular formula is C14H21F2N3O. The third-order valence-electron chi connectivity index (χ3n) is 2.74. The zero-order chi connectivity index (χ0) is 15.2. The molecule has 112 valence electrons. The molecule has 20 heavy (non-hydrogen) atoms. The van der Waals surface area contributed by atoms with Crippen LogP contribution in [0.4, 0.5) is 8.78 Å². The molecule has 0 spiro atoms. The Morgan fingerprint density at radius 1 is 1.25 bits per heavy atom. The summed E-state index contributed by atoms with van der Waals surface area (Å²) in [4.78, 5) is 4.20. The molecule has 1 atom stereocenters. The van der Waals surface area contributed by atoms with Gasteiger partial charge in [0.25, 0.3) is 0 Å². The molecule has 6 heteroatoms. The summed E-state index contributed by atoms with van der Waals surface area (Å²) in [6.07, 6.45) is 0. The summed E-state index contributed by atoms with van der Waals surface area (Å²) in [6.45, 7) is 6.61. The molecule has 0 amide bonds. The second-order valence-electron chi connectivity index (χ2n) is 4.62. The standard InChI is InChI=1S/C14H21F2N3O/c1-4-17-13(18-5-2)19-9-14(3,20)11-7-6-10(15)8-12(11)16/h6-8,20H,4-5,9H2,1-3H3,(H2,17,18,19). The average molecular weight is 285 g/mol. The van der Waals surface area contributed by atoms with Crippen LogP contribution < -0.4 is 10.6 Å². The summed E-state index contributed by atoms with van der Waals surface area (Å²) < 4.78 is 26.6. The number of rotatable bonds is 5. The van der Waals surface area contributed by atoms with Crippen molar-refractivity contribution >= 4 is 5.96 Å². The molecule has 0 fully saturated rings. The van der Waals surface area contributed by atoms with Crippen LogP contribution in [0.3, 0.4) is 0 Å². The number of nitrogens with one attached hydrogen (secondary N) is 2. The second kappa shape index (κ2) is 7.19. The van der Waals surface area contributed by atoms with Crippen LogP contribution in [0, 0.1) is 11.6 Å². The Balaban J connectivity index is 2.90. The quantitative estimate of drug-likeness (QED) is 0.570. The molecule has 1 unspecified atom stereocenters. The average Bonchev–Trinajstić information content (AvgIpc) is 2.36. The Morgan fingerprint density at radius 3 is 2.35 bits per heavy atom. The minimum Gasteiger partial charge on any atom is -0.383 e. The Morgan fingerprint density at radius 2 is 1.85 bits per heavy atom. The van der Waals surface area contributed by atoms with E-state index in [0.29, 0.717) is 19.0 Å². The molecule has 0 heterocycles. The molecule has 1 rings (SSSR count). The van der Waals surface area contributed by atoms with Gasteiger partial charge in [-0.3, -0.25) is 0 Å². The molecular weight excluding hydrogens is 264 g/mol. The van der Waals surface area contributed by atoms with Crippen LogP contribution >= 0.6 is 0 Å². The first-order valence-electron chi connectivity index (χ1n) is 6.60. The lowest BCUT2D eigenvalue weighted by Gasteiger charge is -2.23. The van der Waals surface area contributed by atoms with Crippen LogP contribution in [0.1, 0.15) is 26.3 Å². The van der Waals surface area contributed by atoms with Gasteiger partial charge in [-0.1, -0.05) is 6.07 Å². The van der Waals surface area contributed by atoms with E-state index >= 15 is 0 Å². The minimum atomic E-state index is -1.51. The van der Waals surface area contributed by atoms with Gasteiger partial charge in [-0.05, 0) is 26.8 Å². The van der Waals surface area contributed by atoms with E-state index in [4.69, 9.17) is 0 Å². The summed E-state index contributed by atoms with van der Waals surface area (Å²) in [5.74, 6) is -0.914. The second-order valence-corrected chi connectivity index (χ2v) is 4.62.